The Hall–Kier alpha value is -2.50. The molecule has 0 unspecified atom stereocenters. The lowest BCUT2D eigenvalue weighted by atomic mass is 10.1. The van der Waals surface area contributed by atoms with Gasteiger partial charge in [0.15, 0.2) is 0 Å². The van der Waals surface area contributed by atoms with Crippen molar-refractivity contribution >= 4 is 23.9 Å². The van der Waals surface area contributed by atoms with E-state index in [4.69, 9.17) is 0 Å². The monoisotopic (exact) mass is 250 g/mol. The standard InChI is InChI=1S/C12H10O6/c1-7(13)17-11(15)9-4-3-5-10(6-9)12(16)18-8(2)14/h3-6H,1-2H3. The molecule has 0 aromatic heterocycles. The Morgan fingerprint density at radius 1 is 0.833 bits per heavy atom. The van der Waals surface area contributed by atoms with Gasteiger partial charge in [0.1, 0.15) is 0 Å². The van der Waals surface area contributed by atoms with E-state index in [0.717, 1.165) is 13.8 Å². The van der Waals surface area contributed by atoms with Gasteiger partial charge < -0.3 is 9.47 Å². The Bertz CT molecular complexity index is 474. The van der Waals surface area contributed by atoms with Crippen LogP contribution in [-0.2, 0) is 19.1 Å². The molecule has 1 aromatic rings. The maximum absolute atomic E-state index is 11.4. The molecule has 0 amide bonds. The molecule has 0 N–H and O–H groups in total. The number of carbonyl (C=O) groups is 4. The summed E-state index contributed by atoms with van der Waals surface area (Å²) in [5, 5.41) is 0. The van der Waals surface area contributed by atoms with Gasteiger partial charge in [-0.25, -0.2) is 9.59 Å². The van der Waals surface area contributed by atoms with Crippen molar-refractivity contribution in [1.29, 1.82) is 0 Å². The Morgan fingerprint density at radius 2 is 1.22 bits per heavy atom. The summed E-state index contributed by atoms with van der Waals surface area (Å²) in [6.07, 6.45) is 0. The molecule has 0 fully saturated rings. The molecule has 0 aliphatic rings. The number of carbonyl (C=O) groups excluding carboxylic acids is 4. The lowest BCUT2D eigenvalue weighted by Crippen LogP contribution is -2.12. The third kappa shape index (κ3) is 3.82. The third-order valence-electron chi connectivity index (χ3n) is 1.81. The molecule has 0 aliphatic heterocycles. The van der Waals surface area contributed by atoms with Gasteiger partial charge in [0.25, 0.3) is 0 Å². The predicted molar refractivity (Wildman–Crippen MR) is 58.6 cm³/mol. The fourth-order valence-electron chi connectivity index (χ4n) is 1.15. The first-order valence-corrected chi connectivity index (χ1v) is 4.95. The van der Waals surface area contributed by atoms with E-state index >= 15 is 0 Å². The molecule has 0 aliphatic carbocycles. The van der Waals surface area contributed by atoms with Crippen LogP contribution < -0.4 is 0 Å². The lowest BCUT2D eigenvalue weighted by molar-refractivity contribution is -0.136. The minimum Gasteiger partial charge on any atom is -0.390 e. The van der Waals surface area contributed by atoms with Crippen LogP contribution in [0, 0.1) is 0 Å². The molecule has 0 radical (unpaired) electrons. The minimum atomic E-state index is -0.875. The maximum atomic E-state index is 11.4. The Balaban J connectivity index is 2.92. The van der Waals surface area contributed by atoms with Crippen molar-refractivity contribution in [2.24, 2.45) is 0 Å². The highest BCUT2D eigenvalue weighted by Crippen LogP contribution is 2.08. The van der Waals surface area contributed by atoms with E-state index in [9.17, 15) is 19.2 Å². The lowest BCUT2D eigenvalue weighted by Gasteiger charge is -2.03. The van der Waals surface area contributed by atoms with Gasteiger partial charge >= 0.3 is 23.9 Å². The van der Waals surface area contributed by atoms with Gasteiger partial charge in [0.05, 0.1) is 11.1 Å². The summed E-state index contributed by atoms with van der Waals surface area (Å²) in [6, 6.07) is 5.33. The molecule has 0 saturated heterocycles. The van der Waals surface area contributed by atoms with Gasteiger partial charge in [-0.05, 0) is 18.2 Å². The van der Waals surface area contributed by atoms with Crippen LogP contribution in [0.2, 0.25) is 0 Å². The van der Waals surface area contributed by atoms with E-state index in [-0.39, 0.29) is 11.1 Å². The van der Waals surface area contributed by atoms with Crippen molar-refractivity contribution < 1.29 is 28.7 Å². The largest absolute Gasteiger partial charge is 0.390 e. The highest BCUT2D eigenvalue weighted by molar-refractivity contribution is 6.00. The summed E-state index contributed by atoms with van der Waals surface area (Å²) in [6.45, 7) is 2.18. The summed E-state index contributed by atoms with van der Waals surface area (Å²) in [7, 11) is 0. The molecule has 0 spiro atoms. The molecular weight excluding hydrogens is 240 g/mol. The molecule has 6 nitrogen and oxygen atoms in total. The minimum absolute atomic E-state index is 0.0169. The van der Waals surface area contributed by atoms with Crippen LogP contribution in [0.5, 0.6) is 0 Å². The average molecular weight is 250 g/mol. The van der Waals surface area contributed by atoms with Crippen molar-refractivity contribution in [2.45, 2.75) is 13.8 Å². The highest BCUT2D eigenvalue weighted by atomic mass is 16.6. The van der Waals surface area contributed by atoms with E-state index in [2.05, 4.69) is 9.47 Å². The zero-order valence-corrected chi connectivity index (χ0v) is 9.76. The van der Waals surface area contributed by atoms with Crippen molar-refractivity contribution in [3.8, 4) is 0 Å². The van der Waals surface area contributed by atoms with Crippen LogP contribution in [0.4, 0.5) is 0 Å². The number of esters is 4. The molecular formula is C12H10O6. The number of hydrogen-bond donors (Lipinski definition) is 0. The predicted octanol–water partition coefficient (Wildman–Crippen LogP) is 1.09. The Kier molecular flexibility index (Phi) is 4.31. The van der Waals surface area contributed by atoms with Crippen molar-refractivity contribution in [3.63, 3.8) is 0 Å². The molecule has 1 aromatic carbocycles. The van der Waals surface area contributed by atoms with Gasteiger partial charge in [-0.15, -0.1) is 0 Å². The molecule has 0 atom stereocenters. The summed E-state index contributed by atoms with van der Waals surface area (Å²) in [5.74, 6) is -3.26. The first-order valence-electron chi connectivity index (χ1n) is 4.95. The van der Waals surface area contributed by atoms with Crippen molar-refractivity contribution in [3.05, 3.63) is 35.4 Å². The Morgan fingerprint density at radius 3 is 1.56 bits per heavy atom. The number of benzene rings is 1. The zero-order chi connectivity index (χ0) is 13.7. The second-order valence-electron chi connectivity index (χ2n) is 3.34. The summed E-state index contributed by atoms with van der Waals surface area (Å²) in [5.41, 5.74) is 0.0337. The van der Waals surface area contributed by atoms with Crippen LogP contribution in [0.3, 0.4) is 0 Å². The van der Waals surface area contributed by atoms with Gasteiger partial charge in [0.2, 0.25) is 0 Å². The topological polar surface area (TPSA) is 86.7 Å². The van der Waals surface area contributed by atoms with Crippen LogP contribution in [0.15, 0.2) is 24.3 Å². The van der Waals surface area contributed by atoms with Gasteiger partial charge in [-0.2, -0.15) is 0 Å². The number of rotatable bonds is 2. The molecule has 6 heteroatoms. The molecule has 0 saturated carbocycles. The smallest absolute Gasteiger partial charge is 0.345 e. The normalized spacial score (nSPS) is 9.44. The summed E-state index contributed by atoms with van der Waals surface area (Å²) in [4.78, 5) is 44.0. The quantitative estimate of drug-likeness (QED) is 0.576. The molecule has 18 heavy (non-hydrogen) atoms. The van der Waals surface area contributed by atoms with Crippen LogP contribution in [0.1, 0.15) is 34.6 Å². The van der Waals surface area contributed by atoms with Crippen LogP contribution >= 0.6 is 0 Å². The molecule has 1 rings (SSSR count). The van der Waals surface area contributed by atoms with Gasteiger partial charge in [-0.1, -0.05) is 6.07 Å². The number of ether oxygens (including phenoxy) is 2. The first kappa shape index (κ1) is 13.6. The molecule has 0 heterocycles. The first-order chi connectivity index (χ1) is 8.40. The van der Waals surface area contributed by atoms with Gasteiger partial charge in [-0.3, -0.25) is 9.59 Å². The highest BCUT2D eigenvalue weighted by Gasteiger charge is 2.14. The number of hydrogen-bond acceptors (Lipinski definition) is 6. The maximum Gasteiger partial charge on any atom is 0.345 e. The van der Waals surface area contributed by atoms with Gasteiger partial charge in [0, 0.05) is 13.8 Å². The fraction of sp³-hybridized carbons (Fsp3) is 0.167. The summed E-state index contributed by atoms with van der Waals surface area (Å²) >= 11 is 0. The van der Waals surface area contributed by atoms with Crippen molar-refractivity contribution in [2.75, 3.05) is 0 Å². The van der Waals surface area contributed by atoms with Crippen molar-refractivity contribution in [1.82, 2.24) is 0 Å². The SMILES string of the molecule is CC(=O)OC(=O)c1cccc(C(=O)OC(C)=O)c1. The second kappa shape index (κ2) is 5.72. The average Bonchev–Trinajstić information content (AvgIpc) is 2.27. The third-order valence-corrected chi connectivity index (χ3v) is 1.81. The zero-order valence-electron chi connectivity index (χ0n) is 9.76. The van der Waals surface area contributed by atoms with E-state index in [1.807, 2.05) is 0 Å². The van der Waals surface area contributed by atoms with E-state index in [0.29, 0.717) is 0 Å². The van der Waals surface area contributed by atoms with E-state index < -0.39 is 23.9 Å². The summed E-state index contributed by atoms with van der Waals surface area (Å²) < 4.78 is 8.71. The molecule has 0 bridgehead atoms. The molecule has 94 valence electrons. The Labute approximate surface area is 102 Å². The van der Waals surface area contributed by atoms with E-state index in [1.54, 1.807) is 0 Å². The van der Waals surface area contributed by atoms with E-state index in [1.165, 1.54) is 24.3 Å². The van der Waals surface area contributed by atoms with Crippen LogP contribution in [0.25, 0.3) is 0 Å². The second-order valence-corrected chi connectivity index (χ2v) is 3.34. The van der Waals surface area contributed by atoms with Crippen LogP contribution in [-0.4, -0.2) is 23.9 Å². The fourth-order valence-corrected chi connectivity index (χ4v) is 1.15.